The van der Waals surface area contributed by atoms with Gasteiger partial charge in [-0.3, -0.25) is 9.97 Å². The van der Waals surface area contributed by atoms with Gasteiger partial charge < -0.3 is 10.2 Å². The molecule has 146 valence electrons. The van der Waals surface area contributed by atoms with Crippen molar-refractivity contribution in [3.05, 3.63) is 48.4 Å². The molecule has 1 aliphatic rings. The molecule has 0 saturated carbocycles. The Morgan fingerprint density at radius 1 is 1.04 bits per heavy atom. The Balaban J connectivity index is 1.73. The molecule has 1 saturated heterocycles. The van der Waals surface area contributed by atoms with Gasteiger partial charge in [-0.05, 0) is 63.3 Å². The zero-order valence-electron chi connectivity index (χ0n) is 15.4. The van der Waals surface area contributed by atoms with Crippen molar-refractivity contribution in [3.63, 3.8) is 0 Å². The van der Waals surface area contributed by atoms with Crippen LogP contribution >= 0.6 is 0 Å². The number of piperidine rings is 1. The second-order valence-corrected chi connectivity index (χ2v) is 7.04. The van der Waals surface area contributed by atoms with Gasteiger partial charge >= 0.3 is 6.18 Å². The first-order valence-electron chi connectivity index (χ1n) is 9.15. The number of alkyl halides is 3. The largest absolute Gasteiger partial charge is 0.434 e. The van der Waals surface area contributed by atoms with Crippen LogP contribution in [0.25, 0.3) is 22.3 Å². The Hall–Kier alpha value is -2.74. The van der Waals surface area contributed by atoms with Gasteiger partial charge in [0.1, 0.15) is 5.52 Å². The minimum Gasteiger partial charge on any atom is -0.380 e. The number of rotatable bonds is 3. The lowest BCUT2D eigenvalue weighted by atomic mass is 10.0. The number of aromatic nitrogens is 3. The van der Waals surface area contributed by atoms with E-state index in [0.717, 1.165) is 37.8 Å². The summed E-state index contributed by atoms with van der Waals surface area (Å²) in [5, 5.41) is 3.50. The number of nitrogens with one attached hydrogen (secondary N) is 1. The van der Waals surface area contributed by atoms with E-state index in [1.807, 2.05) is 6.07 Å². The fraction of sp³-hybridized carbons (Fsp3) is 0.350. The molecular formula is C20H20F3N5. The number of fused-ring (bicyclic) bond motifs is 1. The lowest BCUT2D eigenvalue weighted by Gasteiger charge is -2.30. The van der Waals surface area contributed by atoms with Gasteiger partial charge in [-0.25, -0.2) is 4.98 Å². The molecule has 5 nitrogen and oxygen atoms in total. The van der Waals surface area contributed by atoms with Gasteiger partial charge in [-0.15, -0.1) is 0 Å². The van der Waals surface area contributed by atoms with Gasteiger partial charge in [-0.1, -0.05) is 0 Å². The molecule has 0 radical (unpaired) electrons. The van der Waals surface area contributed by atoms with Gasteiger partial charge in [0.05, 0.1) is 16.9 Å². The highest BCUT2D eigenvalue weighted by molar-refractivity contribution is 5.89. The van der Waals surface area contributed by atoms with Crippen molar-refractivity contribution in [2.24, 2.45) is 0 Å². The van der Waals surface area contributed by atoms with E-state index in [1.54, 1.807) is 18.3 Å². The first-order chi connectivity index (χ1) is 13.4. The standard InChI is InChI=1S/C20H20F3N5/c1-28-11-7-13(8-12-28)26-17-6-10-24-16-5-4-15(27-18(16)17)14-3-2-9-25-19(14)20(21,22)23/h2-6,9-10,13H,7-8,11-12H2,1H3,(H,24,26). The van der Waals surface area contributed by atoms with Crippen LogP contribution in [0.2, 0.25) is 0 Å². The topological polar surface area (TPSA) is 53.9 Å². The molecule has 4 rings (SSSR count). The number of pyridine rings is 3. The van der Waals surface area contributed by atoms with Crippen molar-refractivity contribution in [1.82, 2.24) is 19.9 Å². The summed E-state index contributed by atoms with van der Waals surface area (Å²) in [6, 6.07) is 8.26. The number of hydrogen-bond donors (Lipinski definition) is 1. The van der Waals surface area contributed by atoms with Crippen LogP contribution in [0.1, 0.15) is 18.5 Å². The molecule has 0 atom stereocenters. The molecule has 8 heteroatoms. The molecule has 0 aliphatic carbocycles. The fourth-order valence-corrected chi connectivity index (χ4v) is 3.50. The van der Waals surface area contributed by atoms with E-state index in [9.17, 15) is 13.2 Å². The summed E-state index contributed by atoms with van der Waals surface area (Å²) in [7, 11) is 2.10. The van der Waals surface area contributed by atoms with Crippen LogP contribution in [-0.4, -0.2) is 46.0 Å². The normalized spacial score (nSPS) is 16.4. The average Bonchev–Trinajstić information content (AvgIpc) is 2.69. The number of anilines is 1. The van der Waals surface area contributed by atoms with Crippen molar-refractivity contribution < 1.29 is 13.2 Å². The zero-order valence-corrected chi connectivity index (χ0v) is 15.4. The van der Waals surface area contributed by atoms with Crippen LogP contribution in [0, 0.1) is 0 Å². The van der Waals surface area contributed by atoms with Crippen LogP contribution in [-0.2, 0) is 6.18 Å². The third-order valence-corrected chi connectivity index (χ3v) is 5.01. The van der Waals surface area contributed by atoms with Gasteiger partial charge in [-0.2, -0.15) is 13.2 Å². The molecule has 1 aliphatic heterocycles. The fourth-order valence-electron chi connectivity index (χ4n) is 3.50. The number of hydrogen-bond acceptors (Lipinski definition) is 5. The van der Waals surface area contributed by atoms with Gasteiger partial charge in [0.25, 0.3) is 0 Å². The second kappa shape index (κ2) is 7.35. The summed E-state index contributed by atoms with van der Waals surface area (Å²) in [6.45, 7) is 2.01. The van der Waals surface area contributed by atoms with Crippen LogP contribution in [0.3, 0.4) is 0 Å². The van der Waals surface area contributed by atoms with Gasteiger partial charge in [0.15, 0.2) is 5.69 Å². The first kappa shape index (κ1) is 18.6. The molecule has 0 unspecified atom stereocenters. The Morgan fingerprint density at radius 2 is 1.82 bits per heavy atom. The first-order valence-corrected chi connectivity index (χ1v) is 9.15. The van der Waals surface area contributed by atoms with Crippen molar-refractivity contribution in [2.45, 2.75) is 25.1 Å². The van der Waals surface area contributed by atoms with Crippen LogP contribution in [0.15, 0.2) is 42.7 Å². The molecule has 0 amide bonds. The molecule has 1 N–H and O–H groups in total. The van der Waals surface area contributed by atoms with Crippen molar-refractivity contribution >= 4 is 16.7 Å². The number of likely N-dealkylation sites (tertiary alicyclic amines) is 1. The smallest absolute Gasteiger partial charge is 0.380 e. The predicted molar refractivity (Wildman–Crippen MR) is 102 cm³/mol. The molecule has 3 aromatic rings. The highest BCUT2D eigenvalue weighted by Gasteiger charge is 2.35. The lowest BCUT2D eigenvalue weighted by Crippen LogP contribution is -2.36. The maximum Gasteiger partial charge on any atom is 0.434 e. The Kier molecular flexibility index (Phi) is 4.89. The minimum atomic E-state index is -4.54. The minimum absolute atomic E-state index is 0.0361. The van der Waals surface area contributed by atoms with E-state index in [2.05, 4.69) is 32.2 Å². The third-order valence-electron chi connectivity index (χ3n) is 5.01. The quantitative estimate of drug-likeness (QED) is 0.729. The molecular weight excluding hydrogens is 367 g/mol. The van der Waals surface area contributed by atoms with Crippen LogP contribution in [0.4, 0.5) is 18.9 Å². The van der Waals surface area contributed by atoms with Crippen molar-refractivity contribution in [2.75, 3.05) is 25.5 Å². The SMILES string of the molecule is CN1CCC(Nc2ccnc3ccc(-c4cccnc4C(F)(F)F)nc23)CC1. The highest BCUT2D eigenvalue weighted by atomic mass is 19.4. The van der Waals surface area contributed by atoms with Crippen molar-refractivity contribution in [3.8, 4) is 11.3 Å². The van der Waals surface area contributed by atoms with Gasteiger partial charge in [0.2, 0.25) is 0 Å². The summed E-state index contributed by atoms with van der Waals surface area (Å²) >= 11 is 0. The monoisotopic (exact) mass is 387 g/mol. The summed E-state index contributed by atoms with van der Waals surface area (Å²) in [6.07, 6.45) is 0.285. The lowest BCUT2D eigenvalue weighted by molar-refractivity contribution is -0.140. The molecule has 0 bridgehead atoms. The molecule has 0 spiro atoms. The van der Waals surface area contributed by atoms with Gasteiger partial charge in [0, 0.05) is 24.0 Å². The van der Waals surface area contributed by atoms with E-state index < -0.39 is 11.9 Å². The molecule has 1 fully saturated rings. The average molecular weight is 387 g/mol. The number of halogens is 3. The Bertz CT molecular complexity index is 981. The van der Waals surface area contributed by atoms with Crippen LogP contribution < -0.4 is 5.32 Å². The summed E-state index contributed by atoms with van der Waals surface area (Å²) in [5.41, 5.74) is 1.25. The summed E-state index contributed by atoms with van der Waals surface area (Å²) in [5.74, 6) is 0. The summed E-state index contributed by atoms with van der Waals surface area (Å²) < 4.78 is 40.0. The second-order valence-electron chi connectivity index (χ2n) is 7.04. The Labute approximate surface area is 160 Å². The van der Waals surface area contributed by atoms with E-state index in [1.165, 1.54) is 12.1 Å². The molecule has 0 aromatic carbocycles. The van der Waals surface area contributed by atoms with E-state index in [-0.39, 0.29) is 11.3 Å². The highest BCUT2D eigenvalue weighted by Crippen LogP contribution is 2.35. The molecule has 4 heterocycles. The molecule has 3 aromatic heterocycles. The van der Waals surface area contributed by atoms with Crippen molar-refractivity contribution in [1.29, 1.82) is 0 Å². The zero-order chi connectivity index (χ0) is 19.7. The van der Waals surface area contributed by atoms with E-state index >= 15 is 0 Å². The van der Waals surface area contributed by atoms with E-state index in [0.29, 0.717) is 17.1 Å². The molecule has 28 heavy (non-hydrogen) atoms. The van der Waals surface area contributed by atoms with Crippen LogP contribution in [0.5, 0.6) is 0 Å². The summed E-state index contributed by atoms with van der Waals surface area (Å²) in [4.78, 5) is 14.6. The van der Waals surface area contributed by atoms with E-state index in [4.69, 9.17) is 0 Å². The maximum atomic E-state index is 13.3. The third kappa shape index (κ3) is 3.77. The maximum absolute atomic E-state index is 13.3. The predicted octanol–water partition coefficient (Wildman–Crippen LogP) is 4.22. The Morgan fingerprint density at radius 3 is 2.57 bits per heavy atom. The number of nitrogens with zero attached hydrogens (tertiary/aromatic N) is 4.